The van der Waals surface area contributed by atoms with Gasteiger partial charge in [-0.15, -0.1) is 6.42 Å². The lowest BCUT2D eigenvalue weighted by Crippen LogP contribution is -1.93. The monoisotopic (exact) mass is 146 g/mol. The Morgan fingerprint density at radius 1 is 1.45 bits per heavy atom. The van der Waals surface area contributed by atoms with Crippen LogP contribution in [0.15, 0.2) is 24.3 Å². The van der Waals surface area contributed by atoms with Crippen molar-refractivity contribution >= 4 is 0 Å². The number of terminal acetylenes is 1. The van der Waals surface area contributed by atoms with Crippen LogP contribution in [0.4, 0.5) is 0 Å². The van der Waals surface area contributed by atoms with E-state index in [9.17, 15) is 0 Å². The van der Waals surface area contributed by atoms with E-state index in [0.717, 1.165) is 11.3 Å². The maximum absolute atomic E-state index is 5.29. The van der Waals surface area contributed by atoms with Gasteiger partial charge in [-0.2, -0.15) is 0 Å². The Labute approximate surface area is 67.0 Å². The van der Waals surface area contributed by atoms with Crippen molar-refractivity contribution in [2.45, 2.75) is 6.92 Å². The zero-order valence-corrected chi connectivity index (χ0v) is 6.50. The molecule has 0 amide bonds. The van der Waals surface area contributed by atoms with Crippen LogP contribution >= 0.6 is 0 Å². The number of para-hydroxylation sites is 1. The van der Waals surface area contributed by atoms with Gasteiger partial charge in [-0.25, -0.2) is 0 Å². The number of benzene rings is 1. The predicted octanol–water partition coefficient (Wildman–Crippen LogP) is 2.07. The zero-order chi connectivity index (χ0) is 8.10. The average Bonchev–Trinajstić information content (AvgIpc) is 2.06. The minimum absolute atomic E-state index is 0.651. The highest BCUT2D eigenvalue weighted by Gasteiger charge is 1.96. The summed E-state index contributed by atoms with van der Waals surface area (Å²) in [5.74, 6) is 3.34. The fourth-order valence-electron chi connectivity index (χ4n) is 0.867. The van der Waals surface area contributed by atoms with Crippen molar-refractivity contribution in [1.82, 2.24) is 0 Å². The molecule has 0 aromatic heterocycles. The van der Waals surface area contributed by atoms with Crippen LogP contribution in [0.3, 0.4) is 0 Å². The smallest absolute Gasteiger partial charge is 0.134 e. The number of hydrogen-bond acceptors (Lipinski definition) is 1. The quantitative estimate of drug-likeness (QED) is 0.580. The summed E-state index contributed by atoms with van der Waals surface area (Å²) >= 11 is 0. The van der Waals surface area contributed by atoms with Gasteiger partial charge in [-0.3, -0.25) is 0 Å². The lowest BCUT2D eigenvalue weighted by molar-refractivity contribution is 0.339. The van der Waals surface area contributed by atoms with Crippen LogP contribution in [0, 0.1) is 12.3 Å². The fourth-order valence-corrected chi connectivity index (χ4v) is 0.867. The van der Waals surface area contributed by atoms with Gasteiger partial charge in [-0.1, -0.05) is 18.1 Å². The Balaban J connectivity index is 2.95. The van der Waals surface area contributed by atoms with E-state index in [4.69, 9.17) is 11.2 Å². The van der Waals surface area contributed by atoms with Crippen LogP contribution in [0.1, 0.15) is 12.5 Å². The molecule has 0 atom stereocenters. The van der Waals surface area contributed by atoms with E-state index in [1.54, 1.807) is 0 Å². The minimum atomic E-state index is 0.651. The lowest BCUT2D eigenvalue weighted by atomic mass is 10.2. The van der Waals surface area contributed by atoms with Crippen LogP contribution in [0.2, 0.25) is 0 Å². The first kappa shape index (κ1) is 7.68. The first-order valence-corrected chi connectivity index (χ1v) is 3.57. The molecule has 11 heavy (non-hydrogen) atoms. The van der Waals surface area contributed by atoms with Crippen LogP contribution in [-0.4, -0.2) is 6.61 Å². The van der Waals surface area contributed by atoms with E-state index in [-0.39, 0.29) is 0 Å². The highest BCUT2D eigenvalue weighted by Crippen LogP contribution is 2.15. The molecule has 1 rings (SSSR count). The summed E-state index contributed by atoms with van der Waals surface area (Å²) in [4.78, 5) is 0. The summed E-state index contributed by atoms with van der Waals surface area (Å²) < 4.78 is 5.29. The molecule has 0 saturated carbocycles. The van der Waals surface area contributed by atoms with Crippen LogP contribution in [0.25, 0.3) is 0 Å². The van der Waals surface area contributed by atoms with E-state index in [1.165, 1.54) is 0 Å². The minimum Gasteiger partial charge on any atom is -0.493 e. The van der Waals surface area contributed by atoms with Crippen molar-refractivity contribution in [1.29, 1.82) is 0 Å². The molecular weight excluding hydrogens is 136 g/mol. The van der Waals surface area contributed by atoms with Crippen molar-refractivity contribution in [2.75, 3.05) is 6.61 Å². The van der Waals surface area contributed by atoms with E-state index < -0.39 is 0 Å². The van der Waals surface area contributed by atoms with Crippen molar-refractivity contribution in [3.63, 3.8) is 0 Å². The van der Waals surface area contributed by atoms with Gasteiger partial charge in [0.1, 0.15) is 5.75 Å². The molecule has 56 valence electrons. The molecule has 1 heteroatoms. The molecule has 0 N–H and O–H groups in total. The second-order valence-corrected chi connectivity index (χ2v) is 2.07. The molecular formula is C10H10O. The summed E-state index contributed by atoms with van der Waals surface area (Å²) in [6, 6.07) is 7.55. The SMILES string of the molecule is C#Cc1ccccc1OCC. The van der Waals surface area contributed by atoms with E-state index in [0.29, 0.717) is 6.61 Å². The molecule has 0 unspecified atom stereocenters. The summed E-state index contributed by atoms with van der Waals surface area (Å²) in [5, 5.41) is 0. The van der Waals surface area contributed by atoms with Gasteiger partial charge < -0.3 is 4.74 Å². The molecule has 0 aliphatic heterocycles. The first-order chi connectivity index (χ1) is 5.38. The van der Waals surface area contributed by atoms with Crippen molar-refractivity contribution in [3.8, 4) is 18.1 Å². The lowest BCUT2D eigenvalue weighted by Gasteiger charge is -2.03. The summed E-state index contributed by atoms with van der Waals surface area (Å²) in [6.07, 6.45) is 5.25. The predicted molar refractivity (Wildman–Crippen MR) is 45.5 cm³/mol. The van der Waals surface area contributed by atoms with Gasteiger partial charge in [0.05, 0.1) is 12.2 Å². The van der Waals surface area contributed by atoms with Crippen molar-refractivity contribution < 1.29 is 4.74 Å². The third kappa shape index (κ3) is 1.75. The van der Waals surface area contributed by atoms with Crippen molar-refractivity contribution in [2.24, 2.45) is 0 Å². The highest BCUT2D eigenvalue weighted by molar-refractivity contribution is 5.44. The molecule has 1 nitrogen and oxygen atoms in total. The van der Waals surface area contributed by atoms with Gasteiger partial charge in [0.25, 0.3) is 0 Å². The van der Waals surface area contributed by atoms with Gasteiger partial charge >= 0.3 is 0 Å². The summed E-state index contributed by atoms with van der Waals surface area (Å²) in [6.45, 7) is 2.59. The average molecular weight is 146 g/mol. The fraction of sp³-hybridized carbons (Fsp3) is 0.200. The molecule has 0 radical (unpaired) electrons. The topological polar surface area (TPSA) is 9.23 Å². The Hall–Kier alpha value is -1.42. The third-order valence-corrected chi connectivity index (χ3v) is 1.34. The molecule has 0 bridgehead atoms. The Bertz CT molecular complexity index is 270. The van der Waals surface area contributed by atoms with Crippen LogP contribution in [-0.2, 0) is 0 Å². The first-order valence-electron chi connectivity index (χ1n) is 3.57. The van der Waals surface area contributed by atoms with Crippen LogP contribution < -0.4 is 4.74 Å². The van der Waals surface area contributed by atoms with Gasteiger partial charge in [0.15, 0.2) is 0 Å². The van der Waals surface area contributed by atoms with Gasteiger partial charge in [0, 0.05) is 0 Å². The largest absolute Gasteiger partial charge is 0.493 e. The highest BCUT2D eigenvalue weighted by atomic mass is 16.5. The maximum atomic E-state index is 5.29. The van der Waals surface area contributed by atoms with Crippen LogP contribution in [0.5, 0.6) is 5.75 Å². The van der Waals surface area contributed by atoms with Gasteiger partial charge in [0.2, 0.25) is 0 Å². The molecule has 0 heterocycles. The number of hydrogen-bond donors (Lipinski definition) is 0. The summed E-state index contributed by atoms with van der Waals surface area (Å²) in [5.41, 5.74) is 0.814. The zero-order valence-electron chi connectivity index (χ0n) is 6.50. The number of rotatable bonds is 2. The van der Waals surface area contributed by atoms with E-state index in [2.05, 4.69) is 5.92 Å². The molecule has 0 fully saturated rings. The Kier molecular flexibility index (Phi) is 2.57. The molecule has 1 aromatic rings. The summed E-state index contributed by atoms with van der Waals surface area (Å²) in [7, 11) is 0. The number of ether oxygens (including phenoxy) is 1. The third-order valence-electron chi connectivity index (χ3n) is 1.34. The Morgan fingerprint density at radius 2 is 2.18 bits per heavy atom. The molecule has 0 saturated heterocycles. The second-order valence-electron chi connectivity index (χ2n) is 2.07. The molecule has 1 aromatic carbocycles. The standard InChI is InChI=1S/C10H10O/c1-3-9-7-5-6-8-10(9)11-4-2/h1,5-8H,4H2,2H3. The van der Waals surface area contributed by atoms with Crippen molar-refractivity contribution in [3.05, 3.63) is 29.8 Å². The van der Waals surface area contributed by atoms with Gasteiger partial charge in [-0.05, 0) is 19.1 Å². The normalized spacial score (nSPS) is 8.73. The molecule has 0 spiro atoms. The molecule has 0 aliphatic rings. The van der Waals surface area contributed by atoms with E-state index >= 15 is 0 Å². The Morgan fingerprint density at radius 3 is 2.82 bits per heavy atom. The second kappa shape index (κ2) is 3.68. The van der Waals surface area contributed by atoms with E-state index in [1.807, 2.05) is 31.2 Å². The molecule has 0 aliphatic carbocycles. The maximum Gasteiger partial charge on any atom is 0.134 e.